The molecule has 0 bridgehead atoms. The summed E-state index contributed by atoms with van der Waals surface area (Å²) in [6, 6.07) is -3.62. The van der Waals surface area contributed by atoms with Crippen LogP contribution < -0.4 is 5.32 Å². The normalized spacial score (nSPS) is 50.6. The number of amides is 1. The minimum atomic E-state index is -3.87. The molecule has 0 aromatic carbocycles. The van der Waals surface area contributed by atoms with Crippen molar-refractivity contribution < 1.29 is 31.1 Å². The van der Waals surface area contributed by atoms with Crippen LogP contribution in [0.4, 0.5) is 0 Å². The Hall–Kier alpha value is -1.32. The van der Waals surface area contributed by atoms with Gasteiger partial charge >= 0.3 is 0 Å². The van der Waals surface area contributed by atoms with Gasteiger partial charge in [0.15, 0.2) is 5.78 Å². The maximum atomic E-state index is 12.5. The summed E-state index contributed by atoms with van der Waals surface area (Å²) in [5, 5.41) is 11.1. The van der Waals surface area contributed by atoms with Crippen LogP contribution in [0, 0.1) is 5.89 Å². The number of carbonyl (C=O) groups excluding carboxylic acids is 2. The van der Waals surface area contributed by atoms with Crippen LogP contribution in [0.2, 0.25) is 0 Å². The van der Waals surface area contributed by atoms with E-state index >= 15 is 0 Å². The monoisotopic (exact) mass is 209 g/mol. The fourth-order valence-electron chi connectivity index (χ4n) is 0.924. The number of hydrogen-bond donors (Lipinski definition) is 2. The van der Waals surface area contributed by atoms with Gasteiger partial charge in [0, 0.05) is 15.1 Å². The molecule has 0 unspecified atom stereocenters. The minimum absolute atomic E-state index is 1.45. The fourth-order valence-corrected chi connectivity index (χ4v) is 0.924. The molecule has 0 radical (unpaired) electrons. The van der Waals surface area contributed by atoms with Crippen molar-refractivity contribution in [1.29, 1.82) is 0 Å². The molecule has 1 amide bonds. The highest BCUT2D eigenvalue weighted by Gasteiger charge is 2.39. The first kappa shape index (κ1) is 2.84. The Balaban J connectivity index is 3.81. The van der Waals surface area contributed by atoms with Gasteiger partial charge in [-0.1, -0.05) is 20.1 Å². The van der Waals surface area contributed by atoms with Crippen molar-refractivity contribution in [3.8, 4) is 0 Å². The molecular formula is C10H15NO3. The van der Waals surface area contributed by atoms with Gasteiger partial charge in [-0.25, -0.2) is 0 Å². The van der Waals surface area contributed by atoms with E-state index in [0.29, 0.717) is 0 Å². The van der Waals surface area contributed by atoms with Gasteiger partial charge < -0.3 is 10.4 Å². The molecule has 0 saturated carbocycles. The molecule has 14 heavy (non-hydrogen) atoms. The van der Waals surface area contributed by atoms with Gasteiger partial charge in [-0.15, -0.1) is 0 Å². The number of Topliss-reactive ketones (excluding diaryl/α,β-unsaturated/α-hetero) is 1. The highest BCUT2D eigenvalue weighted by atomic mass is 16.3. The van der Waals surface area contributed by atoms with Gasteiger partial charge in [0.1, 0.15) is 11.3 Å². The van der Waals surface area contributed by atoms with Crippen LogP contribution >= 0.6 is 0 Å². The van der Waals surface area contributed by atoms with Crippen molar-refractivity contribution >= 4 is 11.7 Å². The number of carbonyl (C=O) groups is 2. The van der Waals surface area contributed by atoms with Crippen molar-refractivity contribution in [2.45, 2.75) is 33.0 Å². The van der Waals surface area contributed by atoms with Gasteiger partial charge in [0.2, 0.25) is 0 Å². The van der Waals surface area contributed by atoms with Crippen LogP contribution in [0.3, 0.4) is 0 Å². The predicted octanol–water partition coefficient (Wildman–Crippen LogP) is 0.932. The van der Waals surface area contributed by atoms with Gasteiger partial charge in [0.25, 0.3) is 5.91 Å². The number of hydrogen-bond acceptors (Lipinski definition) is 3. The molecule has 1 saturated heterocycles. The minimum Gasteiger partial charge on any atom is -0.512 e. The van der Waals surface area contributed by atoms with E-state index < -0.39 is 61.9 Å². The Bertz CT molecular complexity index is 665. The number of allylic oxidation sites excluding steroid dienone is 1. The molecule has 1 rings (SSSR count). The lowest BCUT2D eigenvalue weighted by Gasteiger charge is -2.14. The van der Waals surface area contributed by atoms with Gasteiger partial charge in [-0.3, -0.25) is 9.59 Å². The quantitative estimate of drug-likeness (QED) is 0.404. The number of nitrogens with one attached hydrogen (secondary N) is 1. The number of ketones is 1. The van der Waals surface area contributed by atoms with Crippen LogP contribution in [0.5, 0.6) is 0 Å². The maximum absolute atomic E-state index is 12.5. The second-order valence-electron chi connectivity index (χ2n) is 2.40. The summed E-state index contributed by atoms with van der Waals surface area (Å²) in [4.78, 5) is 24.4. The molecule has 2 atom stereocenters. The Labute approximate surface area is 99.9 Å². The molecule has 78 valence electrons. The molecule has 1 fully saturated rings. The van der Waals surface area contributed by atoms with Crippen molar-refractivity contribution in [1.82, 2.24) is 5.32 Å². The molecule has 2 N–H and O–H groups in total. The highest BCUT2D eigenvalue weighted by molar-refractivity contribution is 6.26. The number of aliphatic hydroxyl groups excluding tert-OH is 1. The molecule has 4 nitrogen and oxygen atoms in total. The van der Waals surface area contributed by atoms with E-state index in [2.05, 4.69) is 0 Å². The van der Waals surface area contributed by atoms with Gasteiger partial charge in [0.05, 0.1) is 7.39 Å². The second kappa shape index (κ2) is 3.82. The molecule has 0 spiro atoms. The highest BCUT2D eigenvalue weighted by Crippen LogP contribution is 2.20. The Morgan fingerprint density at radius 3 is 3.29 bits per heavy atom. The number of aliphatic hydroxyl groups is 1. The van der Waals surface area contributed by atoms with E-state index in [0.717, 1.165) is 0 Å². The van der Waals surface area contributed by atoms with E-state index in [4.69, 9.17) is 16.4 Å². The summed E-state index contributed by atoms with van der Waals surface area (Å²) in [5.74, 6) is -9.24. The van der Waals surface area contributed by atoms with Crippen molar-refractivity contribution in [3.05, 3.63) is 11.3 Å². The first-order chi connectivity index (χ1) is 11.3. The van der Waals surface area contributed by atoms with E-state index in [1.54, 1.807) is 0 Å². The summed E-state index contributed by atoms with van der Waals surface area (Å²) in [7, 11) is 0. The average molecular weight is 209 g/mol. The number of rotatable bonds is 2. The first-order valence-electron chi connectivity index (χ1n) is 9.58. The lowest BCUT2D eigenvalue weighted by molar-refractivity contribution is -0.117. The second-order valence-corrected chi connectivity index (χ2v) is 2.40. The molecule has 0 aromatic heterocycles. The predicted molar refractivity (Wildman–Crippen MR) is 51.7 cm³/mol. The van der Waals surface area contributed by atoms with Crippen LogP contribution in [0.1, 0.15) is 43.4 Å². The lowest BCUT2D eigenvalue weighted by atomic mass is 9.95. The van der Waals surface area contributed by atoms with Crippen LogP contribution in [0.25, 0.3) is 0 Å². The first-order valence-corrected chi connectivity index (χ1v) is 3.42. The van der Waals surface area contributed by atoms with Crippen LogP contribution in [-0.2, 0) is 9.59 Å². The Kier molecular flexibility index (Phi) is 0.774. The topological polar surface area (TPSA) is 66.4 Å². The zero-order valence-electron chi connectivity index (χ0n) is 18.8. The van der Waals surface area contributed by atoms with E-state index in [1.165, 1.54) is 5.32 Å². The van der Waals surface area contributed by atoms with Gasteiger partial charge in [-0.05, 0) is 12.7 Å². The zero-order valence-corrected chi connectivity index (χ0v) is 6.84. The standard InChI is InChI=1S/C10H15NO3/c1-4-5(2)8-9(13)7(6(3)12)10(14)11-8/h5,8,12H,4H2,1-3H3,(H,11,14)/t5-,8-/m0/s1/i1D2,2D3,3D3,4D2,5D,8D. The molecule has 4 heteroatoms. The Morgan fingerprint density at radius 1 is 1.93 bits per heavy atom. The molecule has 0 aliphatic carbocycles. The van der Waals surface area contributed by atoms with E-state index in [-0.39, 0.29) is 0 Å². The fraction of sp³-hybridized carbons (Fsp3) is 0.600. The summed E-state index contributed by atoms with van der Waals surface area (Å²) in [5.41, 5.74) is -1.50. The largest absolute Gasteiger partial charge is 0.512 e. The lowest BCUT2D eigenvalue weighted by Crippen LogP contribution is -2.35. The summed E-state index contributed by atoms with van der Waals surface area (Å²) in [6.07, 6.45) is -3.64. The third-order valence-corrected chi connectivity index (χ3v) is 1.55. The molecule has 1 aliphatic heterocycles. The van der Waals surface area contributed by atoms with Crippen molar-refractivity contribution in [3.63, 3.8) is 0 Å². The van der Waals surface area contributed by atoms with Crippen LogP contribution in [0.15, 0.2) is 11.3 Å². The smallest absolute Gasteiger partial charge is 0.259 e. The molecule has 1 heterocycles. The summed E-state index contributed by atoms with van der Waals surface area (Å²) >= 11 is 0. The van der Waals surface area contributed by atoms with Crippen LogP contribution in [-0.4, -0.2) is 22.8 Å². The SMILES string of the molecule is [2H]C([2H])C([2H])([2H])[C@]([2H])(C([2H])([2H])[2H])[C@]1([2H])NC(=O)C(=C(O)C([2H])([2H])[2H])C1=O. The van der Waals surface area contributed by atoms with E-state index in [1.807, 2.05) is 0 Å². The molecule has 1 aliphatic rings. The maximum Gasteiger partial charge on any atom is 0.259 e. The third-order valence-electron chi connectivity index (χ3n) is 1.55. The summed E-state index contributed by atoms with van der Waals surface area (Å²) < 4.78 is 89.1. The zero-order chi connectivity index (χ0) is 21.1. The average Bonchev–Trinajstić information content (AvgIpc) is 2.65. The van der Waals surface area contributed by atoms with Crippen molar-refractivity contribution in [2.24, 2.45) is 5.89 Å². The molecular weight excluding hydrogens is 182 g/mol. The van der Waals surface area contributed by atoms with Crippen molar-refractivity contribution in [2.75, 3.05) is 0 Å². The van der Waals surface area contributed by atoms with E-state index in [9.17, 15) is 14.7 Å². The Morgan fingerprint density at radius 2 is 2.71 bits per heavy atom. The third kappa shape index (κ3) is 1.64. The molecule has 0 aromatic rings. The van der Waals surface area contributed by atoms with Gasteiger partial charge in [-0.2, -0.15) is 0 Å². The summed E-state index contributed by atoms with van der Waals surface area (Å²) in [6.45, 7) is -9.83.